The molecule has 1 aromatic rings. The molecule has 0 aromatic heterocycles. The van der Waals surface area contributed by atoms with E-state index in [9.17, 15) is 4.79 Å². The minimum absolute atomic E-state index is 0. The average molecular weight is 311 g/mol. The Hall–Kier alpha value is -1.06. The van der Waals surface area contributed by atoms with Crippen molar-refractivity contribution in [2.75, 3.05) is 19.6 Å². The van der Waals surface area contributed by atoms with Crippen molar-refractivity contribution in [3.05, 3.63) is 34.9 Å². The van der Waals surface area contributed by atoms with E-state index >= 15 is 0 Å². The van der Waals surface area contributed by atoms with Gasteiger partial charge in [0, 0.05) is 19.1 Å². The molecule has 3 nitrogen and oxygen atoms in total. The van der Waals surface area contributed by atoms with Crippen LogP contribution in [-0.4, -0.2) is 36.5 Å². The van der Waals surface area contributed by atoms with Gasteiger partial charge in [0.1, 0.15) is 0 Å². The van der Waals surface area contributed by atoms with E-state index in [1.807, 2.05) is 0 Å². The number of benzene rings is 1. The molecule has 1 saturated heterocycles. The second-order valence-electron chi connectivity index (χ2n) is 5.84. The zero-order valence-corrected chi connectivity index (χ0v) is 14.1. The van der Waals surface area contributed by atoms with Crippen molar-refractivity contribution in [3.8, 4) is 0 Å². The number of aryl methyl sites for hydroxylation is 2. The Morgan fingerprint density at radius 3 is 2.76 bits per heavy atom. The van der Waals surface area contributed by atoms with Gasteiger partial charge >= 0.3 is 0 Å². The van der Waals surface area contributed by atoms with Gasteiger partial charge in [0.05, 0.1) is 6.42 Å². The summed E-state index contributed by atoms with van der Waals surface area (Å²) in [7, 11) is 0. The summed E-state index contributed by atoms with van der Waals surface area (Å²) in [4.78, 5) is 14.7. The van der Waals surface area contributed by atoms with Crippen LogP contribution in [0.25, 0.3) is 0 Å². The number of nitrogens with one attached hydrogen (secondary N) is 1. The van der Waals surface area contributed by atoms with Crippen LogP contribution in [0.4, 0.5) is 0 Å². The lowest BCUT2D eigenvalue weighted by atomic mass is 10.0. The predicted molar refractivity (Wildman–Crippen MR) is 90.1 cm³/mol. The van der Waals surface area contributed by atoms with Crippen molar-refractivity contribution in [3.63, 3.8) is 0 Å². The van der Waals surface area contributed by atoms with Gasteiger partial charge in [-0.2, -0.15) is 0 Å². The van der Waals surface area contributed by atoms with E-state index in [2.05, 4.69) is 49.2 Å². The quantitative estimate of drug-likeness (QED) is 0.907. The molecule has 1 unspecified atom stereocenters. The minimum atomic E-state index is 0. The summed E-state index contributed by atoms with van der Waals surface area (Å²) in [6, 6.07) is 6.74. The second kappa shape index (κ2) is 8.40. The number of hydrogen-bond acceptors (Lipinski definition) is 2. The number of hydrogen-bond donors (Lipinski definition) is 1. The van der Waals surface area contributed by atoms with Crippen molar-refractivity contribution >= 4 is 18.3 Å². The first-order valence-electron chi connectivity index (χ1n) is 7.68. The van der Waals surface area contributed by atoms with Gasteiger partial charge in [-0.1, -0.05) is 30.7 Å². The van der Waals surface area contributed by atoms with E-state index in [-0.39, 0.29) is 18.3 Å². The Morgan fingerprint density at radius 2 is 2.14 bits per heavy atom. The van der Waals surface area contributed by atoms with Crippen molar-refractivity contribution in [1.82, 2.24) is 10.2 Å². The molecule has 2 rings (SSSR count). The van der Waals surface area contributed by atoms with Crippen LogP contribution in [0.3, 0.4) is 0 Å². The Morgan fingerprint density at radius 1 is 1.38 bits per heavy atom. The van der Waals surface area contributed by atoms with Gasteiger partial charge in [0.25, 0.3) is 0 Å². The molecule has 4 heteroatoms. The van der Waals surface area contributed by atoms with Crippen LogP contribution in [0.1, 0.15) is 36.5 Å². The normalized spacial score (nSPS) is 17.4. The maximum atomic E-state index is 12.7. The lowest BCUT2D eigenvalue weighted by molar-refractivity contribution is -0.132. The SMILES string of the molecule is CCCN(C(=O)Cc1cc(C)ccc1C)C1CCNC1.Cl. The summed E-state index contributed by atoms with van der Waals surface area (Å²) in [5, 5.41) is 3.36. The van der Waals surface area contributed by atoms with Crippen LogP contribution in [0.2, 0.25) is 0 Å². The van der Waals surface area contributed by atoms with Crippen LogP contribution in [0.5, 0.6) is 0 Å². The van der Waals surface area contributed by atoms with Gasteiger partial charge in [-0.25, -0.2) is 0 Å². The molecule has 0 bridgehead atoms. The van der Waals surface area contributed by atoms with Crippen molar-refractivity contribution in [1.29, 1.82) is 0 Å². The molecular formula is C17H27ClN2O. The summed E-state index contributed by atoms with van der Waals surface area (Å²) in [5.41, 5.74) is 3.61. The first kappa shape index (κ1) is 18.0. The molecule has 0 aliphatic carbocycles. The van der Waals surface area contributed by atoms with E-state index in [0.29, 0.717) is 12.5 Å². The Kier molecular flexibility index (Phi) is 7.20. The van der Waals surface area contributed by atoms with E-state index in [4.69, 9.17) is 0 Å². The first-order chi connectivity index (χ1) is 9.61. The van der Waals surface area contributed by atoms with E-state index in [1.165, 1.54) is 16.7 Å². The Bertz CT molecular complexity index is 470. The van der Waals surface area contributed by atoms with Crippen molar-refractivity contribution in [2.45, 2.75) is 46.1 Å². The van der Waals surface area contributed by atoms with Crippen LogP contribution in [0.15, 0.2) is 18.2 Å². The highest BCUT2D eigenvalue weighted by Gasteiger charge is 2.25. The third-order valence-electron chi connectivity index (χ3n) is 4.11. The molecule has 1 fully saturated rings. The highest BCUT2D eigenvalue weighted by molar-refractivity contribution is 5.85. The fraction of sp³-hybridized carbons (Fsp3) is 0.588. The summed E-state index contributed by atoms with van der Waals surface area (Å²) < 4.78 is 0. The number of carbonyl (C=O) groups excluding carboxylic acids is 1. The maximum Gasteiger partial charge on any atom is 0.227 e. The molecule has 118 valence electrons. The average Bonchev–Trinajstić information content (AvgIpc) is 2.93. The smallest absolute Gasteiger partial charge is 0.227 e. The zero-order chi connectivity index (χ0) is 14.5. The van der Waals surface area contributed by atoms with E-state index in [0.717, 1.165) is 32.5 Å². The number of rotatable bonds is 5. The standard InChI is InChI=1S/C17H26N2O.ClH/c1-4-9-19(16-7-8-18-12-16)17(20)11-15-10-13(2)5-6-14(15)3;/h5-6,10,16,18H,4,7-9,11-12H2,1-3H3;1H. The third kappa shape index (κ3) is 4.72. The third-order valence-corrected chi connectivity index (χ3v) is 4.11. The number of nitrogens with zero attached hydrogens (tertiary/aromatic N) is 1. The fourth-order valence-corrected chi connectivity index (χ4v) is 2.91. The highest BCUT2D eigenvalue weighted by Crippen LogP contribution is 2.16. The highest BCUT2D eigenvalue weighted by atomic mass is 35.5. The number of amides is 1. The molecule has 1 aliphatic heterocycles. The van der Waals surface area contributed by atoms with Crippen LogP contribution >= 0.6 is 12.4 Å². The Balaban J connectivity index is 0.00000220. The second-order valence-corrected chi connectivity index (χ2v) is 5.84. The molecule has 1 aliphatic rings. The Labute approximate surface area is 134 Å². The summed E-state index contributed by atoms with van der Waals surface area (Å²) in [6.07, 6.45) is 2.64. The minimum Gasteiger partial charge on any atom is -0.338 e. The van der Waals surface area contributed by atoms with Crippen LogP contribution in [0, 0.1) is 13.8 Å². The topological polar surface area (TPSA) is 32.3 Å². The molecule has 0 spiro atoms. The molecule has 21 heavy (non-hydrogen) atoms. The van der Waals surface area contributed by atoms with Crippen molar-refractivity contribution < 1.29 is 4.79 Å². The molecule has 0 radical (unpaired) electrons. The van der Waals surface area contributed by atoms with Gasteiger partial charge < -0.3 is 10.2 Å². The summed E-state index contributed by atoms with van der Waals surface area (Å²) >= 11 is 0. The molecular weight excluding hydrogens is 284 g/mol. The zero-order valence-electron chi connectivity index (χ0n) is 13.3. The molecule has 0 saturated carbocycles. The molecule has 1 amide bonds. The van der Waals surface area contributed by atoms with Gasteiger partial charge in [-0.3, -0.25) is 4.79 Å². The predicted octanol–water partition coefficient (Wildman–Crippen LogP) is 2.87. The van der Waals surface area contributed by atoms with Crippen LogP contribution in [-0.2, 0) is 11.2 Å². The molecule has 1 N–H and O–H groups in total. The fourth-order valence-electron chi connectivity index (χ4n) is 2.91. The van der Waals surface area contributed by atoms with Gasteiger partial charge in [0.2, 0.25) is 5.91 Å². The van der Waals surface area contributed by atoms with Gasteiger partial charge in [-0.15, -0.1) is 12.4 Å². The maximum absolute atomic E-state index is 12.7. The summed E-state index contributed by atoms with van der Waals surface area (Å²) in [5.74, 6) is 0.272. The summed E-state index contributed by atoms with van der Waals surface area (Å²) in [6.45, 7) is 9.15. The molecule has 1 aromatic carbocycles. The van der Waals surface area contributed by atoms with Gasteiger partial charge in [-0.05, 0) is 44.4 Å². The molecule has 1 heterocycles. The lowest BCUT2D eigenvalue weighted by Gasteiger charge is -2.28. The van der Waals surface area contributed by atoms with E-state index < -0.39 is 0 Å². The van der Waals surface area contributed by atoms with Crippen molar-refractivity contribution in [2.24, 2.45) is 0 Å². The van der Waals surface area contributed by atoms with Crippen LogP contribution < -0.4 is 5.32 Å². The largest absolute Gasteiger partial charge is 0.338 e. The first-order valence-corrected chi connectivity index (χ1v) is 7.68. The number of halogens is 1. The number of carbonyl (C=O) groups is 1. The molecule has 1 atom stereocenters. The van der Waals surface area contributed by atoms with E-state index in [1.54, 1.807) is 0 Å². The lowest BCUT2D eigenvalue weighted by Crippen LogP contribution is -2.42. The monoisotopic (exact) mass is 310 g/mol. The van der Waals surface area contributed by atoms with Gasteiger partial charge in [0.15, 0.2) is 0 Å².